The molecule has 1 saturated heterocycles. The van der Waals surface area contributed by atoms with Gasteiger partial charge in [0.2, 0.25) is 5.82 Å². The SMILES string of the molecule is CCc1noc(C)c1C(=O)N1CCO[C@@H](c2nc(-c3cccs3)no2)C1. The molecule has 9 heteroatoms. The van der Waals surface area contributed by atoms with E-state index in [4.69, 9.17) is 13.8 Å². The van der Waals surface area contributed by atoms with Crippen molar-refractivity contribution < 1.29 is 18.6 Å². The van der Waals surface area contributed by atoms with Crippen molar-refractivity contribution in [3.05, 3.63) is 40.4 Å². The fourth-order valence-corrected chi connectivity index (χ4v) is 3.60. The van der Waals surface area contributed by atoms with Gasteiger partial charge in [0.1, 0.15) is 11.3 Å². The first-order chi connectivity index (χ1) is 12.7. The summed E-state index contributed by atoms with van der Waals surface area (Å²) < 4.78 is 16.3. The molecular weight excluding hydrogens is 356 g/mol. The zero-order valence-corrected chi connectivity index (χ0v) is 15.3. The monoisotopic (exact) mass is 374 g/mol. The first kappa shape index (κ1) is 16.9. The van der Waals surface area contributed by atoms with E-state index in [0.717, 1.165) is 4.88 Å². The van der Waals surface area contributed by atoms with Crippen molar-refractivity contribution in [1.29, 1.82) is 0 Å². The largest absolute Gasteiger partial charge is 0.365 e. The van der Waals surface area contributed by atoms with Crippen molar-refractivity contribution in [2.24, 2.45) is 0 Å². The van der Waals surface area contributed by atoms with Crippen LogP contribution in [0.25, 0.3) is 10.7 Å². The van der Waals surface area contributed by atoms with Gasteiger partial charge in [-0.3, -0.25) is 4.79 Å². The minimum atomic E-state index is -0.445. The van der Waals surface area contributed by atoms with Gasteiger partial charge in [0.25, 0.3) is 11.8 Å². The highest BCUT2D eigenvalue weighted by Gasteiger charge is 2.32. The van der Waals surface area contributed by atoms with Crippen molar-refractivity contribution in [1.82, 2.24) is 20.2 Å². The van der Waals surface area contributed by atoms with E-state index >= 15 is 0 Å². The number of ether oxygens (including phenoxy) is 1. The number of morpholine rings is 1. The van der Waals surface area contributed by atoms with Crippen LogP contribution in [0.15, 0.2) is 26.6 Å². The smallest absolute Gasteiger partial charge is 0.259 e. The van der Waals surface area contributed by atoms with Crippen LogP contribution in [0.4, 0.5) is 0 Å². The summed E-state index contributed by atoms with van der Waals surface area (Å²) in [5.41, 5.74) is 1.21. The first-order valence-electron chi connectivity index (χ1n) is 8.41. The molecule has 4 heterocycles. The van der Waals surface area contributed by atoms with E-state index in [1.807, 2.05) is 24.4 Å². The lowest BCUT2D eigenvalue weighted by molar-refractivity contribution is -0.0368. The third-order valence-corrected chi connectivity index (χ3v) is 5.16. The third kappa shape index (κ3) is 3.04. The highest BCUT2D eigenvalue weighted by molar-refractivity contribution is 7.13. The van der Waals surface area contributed by atoms with Gasteiger partial charge in [-0.25, -0.2) is 0 Å². The molecule has 136 valence electrons. The summed E-state index contributed by atoms with van der Waals surface area (Å²) in [5, 5.41) is 9.93. The molecule has 0 N–H and O–H groups in total. The molecule has 1 aliphatic heterocycles. The van der Waals surface area contributed by atoms with Gasteiger partial charge >= 0.3 is 0 Å². The lowest BCUT2D eigenvalue weighted by Gasteiger charge is -2.31. The van der Waals surface area contributed by atoms with Gasteiger partial charge < -0.3 is 18.7 Å². The summed E-state index contributed by atoms with van der Waals surface area (Å²) in [4.78, 5) is 20.0. The van der Waals surface area contributed by atoms with Gasteiger partial charge in [0.15, 0.2) is 6.10 Å². The topological polar surface area (TPSA) is 94.5 Å². The first-order valence-corrected chi connectivity index (χ1v) is 9.28. The third-order valence-electron chi connectivity index (χ3n) is 4.29. The average Bonchev–Trinajstić information content (AvgIpc) is 3.41. The van der Waals surface area contributed by atoms with Crippen molar-refractivity contribution in [2.75, 3.05) is 19.7 Å². The van der Waals surface area contributed by atoms with Gasteiger partial charge in [-0.2, -0.15) is 4.98 Å². The lowest BCUT2D eigenvalue weighted by Crippen LogP contribution is -2.42. The van der Waals surface area contributed by atoms with Crippen LogP contribution < -0.4 is 0 Å². The molecule has 8 nitrogen and oxygen atoms in total. The number of hydrogen-bond donors (Lipinski definition) is 0. The molecule has 3 aromatic rings. The van der Waals surface area contributed by atoms with Gasteiger partial charge in [-0.1, -0.05) is 23.3 Å². The predicted molar refractivity (Wildman–Crippen MR) is 92.8 cm³/mol. The van der Waals surface area contributed by atoms with Crippen molar-refractivity contribution in [2.45, 2.75) is 26.4 Å². The van der Waals surface area contributed by atoms with Crippen molar-refractivity contribution in [3.63, 3.8) is 0 Å². The zero-order chi connectivity index (χ0) is 18.1. The van der Waals surface area contributed by atoms with Crippen molar-refractivity contribution in [3.8, 4) is 10.7 Å². The van der Waals surface area contributed by atoms with E-state index < -0.39 is 6.10 Å². The number of carbonyl (C=O) groups is 1. The molecule has 0 aromatic carbocycles. The average molecular weight is 374 g/mol. The normalized spacial score (nSPS) is 17.6. The minimum Gasteiger partial charge on any atom is -0.365 e. The second kappa shape index (κ2) is 7.00. The molecule has 1 fully saturated rings. The number of rotatable bonds is 4. The molecule has 1 atom stereocenters. The molecule has 0 aliphatic carbocycles. The maximum Gasteiger partial charge on any atom is 0.259 e. The molecule has 1 aliphatic rings. The standard InChI is InChI=1S/C17H18N4O4S/c1-3-11-14(10(2)24-19-11)17(22)21-6-7-23-12(9-21)16-18-15(20-25-16)13-5-4-8-26-13/h4-5,8,12H,3,6-7,9H2,1-2H3/t12-/m1/s1. The molecule has 0 saturated carbocycles. The van der Waals surface area contributed by atoms with Crippen LogP contribution in [0.5, 0.6) is 0 Å². The van der Waals surface area contributed by atoms with Crippen LogP contribution in [0.2, 0.25) is 0 Å². The van der Waals surface area contributed by atoms with E-state index in [0.29, 0.717) is 54.8 Å². The summed E-state index contributed by atoms with van der Waals surface area (Å²) in [6.45, 7) is 4.94. The Kier molecular flexibility index (Phi) is 4.56. The van der Waals surface area contributed by atoms with E-state index in [-0.39, 0.29) is 5.91 Å². The van der Waals surface area contributed by atoms with E-state index in [2.05, 4.69) is 15.3 Å². The number of aromatic nitrogens is 3. The molecule has 0 unspecified atom stereocenters. The van der Waals surface area contributed by atoms with Crippen LogP contribution in [0.3, 0.4) is 0 Å². The summed E-state index contributed by atoms with van der Waals surface area (Å²) in [7, 11) is 0. The number of hydrogen-bond acceptors (Lipinski definition) is 8. The molecule has 0 radical (unpaired) electrons. The number of thiophene rings is 1. The summed E-state index contributed by atoms with van der Waals surface area (Å²) in [6.07, 6.45) is 0.194. The Morgan fingerprint density at radius 1 is 1.38 bits per heavy atom. The summed E-state index contributed by atoms with van der Waals surface area (Å²) in [5.74, 6) is 1.34. The van der Waals surface area contributed by atoms with E-state index in [1.54, 1.807) is 11.8 Å². The Morgan fingerprint density at radius 3 is 3.04 bits per heavy atom. The predicted octanol–water partition coefficient (Wildman–Crippen LogP) is 2.87. The number of nitrogens with zero attached hydrogens (tertiary/aromatic N) is 4. The Bertz CT molecular complexity index is 902. The maximum absolute atomic E-state index is 12.9. The molecule has 26 heavy (non-hydrogen) atoms. The number of carbonyl (C=O) groups excluding carboxylic acids is 1. The van der Waals surface area contributed by atoms with Crippen LogP contribution in [0, 0.1) is 6.92 Å². The molecule has 4 rings (SSSR count). The molecule has 0 bridgehead atoms. The summed E-state index contributed by atoms with van der Waals surface area (Å²) >= 11 is 1.54. The molecular formula is C17H18N4O4S. The highest BCUT2D eigenvalue weighted by Crippen LogP contribution is 2.27. The Balaban J connectivity index is 1.53. The van der Waals surface area contributed by atoms with Crippen LogP contribution >= 0.6 is 11.3 Å². The van der Waals surface area contributed by atoms with Gasteiger partial charge in [-0.05, 0) is 24.8 Å². The Morgan fingerprint density at radius 2 is 2.27 bits per heavy atom. The van der Waals surface area contributed by atoms with E-state index in [1.165, 1.54) is 11.3 Å². The van der Waals surface area contributed by atoms with E-state index in [9.17, 15) is 4.79 Å². The lowest BCUT2D eigenvalue weighted by atomic mass is 10.1. The molecule has 1 amide bonds. The van der Waals surface area contributed by atoms with Crippen LogP contribution in [0.1, 0.15) is 40.7 Å². The quantitative estimate of drug-likeness (QED) is 0.693. The Labute approximate surface area is 153 Å². The highest BCUT2D eigenvalue weighted by atomic mass is 32.1. The fourth-order valence-electron chi connectivity index (χ4n) is 2.95. The number of amides is 1. The second-order valence-electron chi connectivity index (χ2n) is 5.96. The van der Waals surface area contributed by atoms with Crippen LogP contribution in [-0.4, -0.2) is 45.8 Å². The zero-order valence-electron chi connectivity index (χ0n) is 14.5. The van der Waals surface area contributed by atoms with Gasteiger partial charge in [-0.15, -0.1) is 11.3 Å². The van der Waals surface area contributed by atoms with Gasteiger partial charge in [0.05, 0.1) is 23.7 Å². The number of aryl methyl sites for hydroxylation is 2. The Hall–Kier alpha value is -2.52. The maximum atomic E-state index is 12.9. The fraction of sp³-hybridized carbons (Fsp3) is 0.412. The second-order valence-corrected chi connectivity index (χ2v) is 6.91. The molecule has 3 aromatic heterocycles. The van der Waals surface area contributed by atoms with Crippen LogP contribution in [-0.2, 0) is 11.2 Å². The summed E-state index contributed by atoms with van der Waals surface area (Å²) in [6, 6.07) is 3.86. The minimum absolute atomic E-state index is 0.105. The van der Waals surface area contributed by atoms with Gasteiger partial charge in [0, 0.05) is 6.54 Å². The van der Waals surface area contributed by atoms with Crippen molar-refractivity contribution >= 4 is 17.2 Å². The molecule has 0 spiro atoms.